The second-order valence-corrected chi connectivity index (χ2v) is 4.62. The molecule has 2 aromatic rings. The standard InChI is InChI=1S/C11H13N3O2S/c1-8-13-11(16-14-8)5-4-10(15)12-7-9-3-2-6-17-9/h2-3,6H,4-5,7H2,1H3,(H,12,15). The highest BCUT2D eigenvalue weighted by atomic mass is 32.1. The molecular formula is C11H13N3O2S. The molecule has 90 valence electrons. The van der Waals surface area contributed by atoms with Crippen molar-refractivity contribution in [2.45, 2.75) is 26.3 Å². The average molecular weight is 251 g/mol. The zero-order valence-electron chi connectivity index (χ0n) is 9.47. The zero-order chi connectivity index (χ0) is 12.1. The fraction of sp³-hybridized carbons (Fsp3) is 0.364. The molecule has 0 unspecified atom stereocenters. The number of thiophene rings is 1. The van der Waals surface area contributed by atoms with Crippen LogP contribution < -0.4 is 5.32 Å². The van der Waals surface area contributed by atoms with Gasteiger partial charge >= 0.3 is 0 Å². The van der Waals surface area contributed by atoms with Gasteiger partial charge in [-0.15, -0.1) is 11.3 Å². The molecule has 6 heteroatoms. The van der Waals surface area contributed by atoms with Crippen LogP contribution in [0.1, 0.15) is 23.0 Å². The van der Waals surface area contributed by atoms with Gasteiger partial charge in [-0.1, -0.05) is 11.2 Å². The van der Waals surface area contributed by atoms with Crippen LogP contribution >= 0.6 is 11.3 Å². The lowest BCUT2D eigenvalue weighted by Crippen LogP contribution is -2.22. The first-order valence-corrected chi connectivity index (χ1v) is 6.20. The number of amides is 1. The highest BCUT2D eigenvalue weighted by Gasteiger charge is 2.07. The predicted molar refractivity (Wildman–Crippen MR) is 63.5 cm³/mol. The van der Waals surface area contributed by atoms with Crippen LogP contribution in [-0.4, -0.2) is 16.0 Å². The molecule has 0 atom stereocenters. The summed E-state index contributed by atoms with van der Waals surface area (Å²) in [7, 11) is 0. The van der Waals surface area contributed by atoms with Crippen LogP contribution in [-0.2, 0) is 17.8 Å². The number of nitrogens with one attached hydrogen (secondary N) is 1. The molecular weight excluding hydrogens is 238 g/mol. The lowest BCUT2D eigenvalue weighted by molar-refractivity contribution is -0.121. The zero-order valence-corrected chi connectivity index (χ0v) is 10.3. The number of rotatable bonds is 5. The number of carbonyl (C=O) groups is 1. The van der Waals surface area contributed by atoms with Gasteiger partial charge in [-0.3, -0.25) is 4.79 Å². The SMILES string of the molecule is Cc1noc(CCC(=O)NCc2cccs2)n1. The van der Waals surface area contributed by atoms with E-state index in [4.69, 9.17) is 4.52 Å². The van der Waals surface area contributed by atoms with Crippen LogP contribution in [0, 0.1) is 6.92 Å². The summed E-state index contributed by atoms with van der Waals surface area (Å²) in [5.41, 5.74) is 0. The van der Waals surface area contributed by atoms with Crippen molar-refractivity contribution < 1.29 is 9.32 Å². The Hall–Kier alpha value is -1.69. The highest BCUT2D eigenvalue weighted by Crippen LogP contribution is 2.07. The quantitative estimate of drug-likeness (QED) is 0.878. The summed E-state index contributed by atoms with van der Waals surface area (Å²) in [5, 5.41) is 8.50. The maximum Gasteiger partial charge on any atom is 0.227 e. The van der Waals surface area contributed by atoms with Gasteiger partial charge in [-0.2, -0.15) is 4.98 Å². The number of aromatic nitrogens is 2. The molecule has 0 saturated carbocycles. The van der Waals surface area contributed by atoms with Crippen molar-refractivity contribution in [2.24, 2.45) is 0 Å². The third kappa shape index (κ3) is 3.67. The first-order chi connectivity index (χ1) is 8.24. The lowest BCUT2D eigenvalue weighted by atomic mass is 10.3. The summed E-state index contributed by atoms with van der Waals surface area (Å²) in [6, 6.07) is 3.96. The van der Waals surface area contributed by atoms with Crippen molar-refractivity contribution in [3.05, 3.63) is 34.1 Å². The summed E-state index contributed by atoms with van der Waals surface area (Å²) in [6.07, 6.45) is 0.851. The normalized spacial score (nSPS) is 10.4. The van der Waals surface area contributed by atoms with Gasteiger partial charge in [0.15, 0.2) is 5.82 Å². The molecule has 0 aliphatic rings. The molecule has 0 fully saturated rings. The summed E-state index contributed by atoms with van der Waals surface area (Å²) < 4.78 is 4.93. The van der Waals surface area contributed by atoms with Crippen LogP contribution in [0.25, 0.3) is 0 Å². The fourth-order valence-corrected chi connectivity index (χ4v) is 1.99. The maximum atomic E-state index is 11.5. The van der Waals surface area contributed by atoms with Gasteiger partial charge in [-0.25, -0.2) is 0 Å². The van der Waals surface area contributed by atoms with Crippen LogP contribution in [0.4, 0.5) is 0 Å². The van der Waals surface area contributed by atoms with E-state index in [1.165, 1.54) is 0 Å². The molecule has 0 aliphatic heterocycles. The largest absolute Gasteiger partial charge is 0.351 e. The Labute approximate surface area is 103 Å². The van der Waals surface area contributed by atoms with Crippen molar-refractivity contribution in [1.29, 1.82) is 0 Å². The van der Waals surface area contributed by atoms with Crippen molar-refractivity contribution in [3.8, 4) is 0 Å². The number of aryl methyl sites for hydroxylation is 2. The minimum Gasteiger partial charge on any atom is -0.351 e. The van der Waals surface area contributed by atoms with Gasteiger partial charge in [0.25, 0.3) is 0 Å². The smallest absolute Gasteiger partial charge is 0.227 e. The van der Waals surface area contributed by atoms with Crippen molar-refractivity contribution in [2.75, 3.05) is 0 Å². The molecule has 0 radical (unpaired) electrons. The first kappa shape index (κ1) is 11.8. The minimum absolute atomic E-state index is 0.00532. The van der Waals surface area contributed by atoms with Crippen LogP contribution in [0.5, 0.6) is 0 Å². The first-order valence-electron chi connectivity index (χ1n) is 5.32. The second kappa shape index (κ2) is 5.58. The maximum absolute atomic E-state index is 11.5. The number of hydrogen-bond donors (Lipinski definition) is 1. The summed E-state index contributed by atoms with van der Waals surface area (Å²) >= 11 is 1.63. The molecule has 1 amide bonds. The molecule has 1 N–H and O–H groups in total. The third-order valence-electron chi connectivity index (χ3n) is 2.18. The van der Waals surface area contributed by atoms with E-state index < -0.39 is 0 Å². The van der Waals surface area contributed by atoms with Crippen molar-refractivity contribution in [3.63, 3.8) is 0 Å². The van der Waals surface area contributed by atoms with Gasteiger partial charge < -0.3 is 9.84 Å². The topological polar surface area (TPSA) is 68.0 Å². The van der Waals surface area contributed by atoms with Gasteiger partial charge in [0.2, 0.25) is 11.8 Å². The number of carbonyl (C=O) groups excluding carboxylic acids is 1. The molecule has 17 heavy (non-hydrogen) atoms. The van der Waals surface area contributed by atoms with Crippen molar-refractivity contribution >= 4 is 17.2 Å². The molecule has 5 nitrogen and oxygen atoms in total. The molecule has 0 saturated heterocycles. The number of hydrogen-bond acceptors (Lipinski definition) is 5. The summed E-state index contributed by atoms with van der Waals surface area (Å²) in [5.74, 6) is 1.10. The Bertz CT molecular complexity index is 479. The van der Waals surface area contributed by atoms with Gasteiger partial charge in [0, 0.05) is 17.7 Å². The number of nitrogens with zero attached hydrogens (tertiary/aromatic N) is 2. The van der Waals surface area contributed by atoms with Gasteiger partial charge in [0.1, 0.15) is 0 Å². The Kier molecular flexibility index (Phi) is 3.87. The Morgan fingerprint density at radius 1 is 1.59 bits per heavy atom. The molecule has 0 aromatic carbocycles. The predicted octanol–water partition coefficient (Wildman–Crippen LogP) is 1.69. The van der Waals surface area contributed by atoms with Crippen LogP contribution in [0.2, 0.25) is 0 Å². The van der Waals surface area contributed by atoms with E-state index in [-0.39, 0.29) is 5.91 Å². The Balaban J connectivity index is 1.71. The summed E-state index contributed by atoms with van der Waals surface area (Å²) in [6.45, 7) is 2.34. The van der Waals surface area contributed by atoms with E-state index in [1.54, 1.807) is 18.3 Å². The van der Waals surface area contributed by atoms with Crippen molar-refractivity contribution in [1.82, 2.24) is 15.5 Å². The highest BCUT2D eigenvalue weighted by molar-refractivity contribution is 7.09. The molecule has 2 rings (SSSR count). The van der Waals surface area contributed by atoms with E-state index in [9.17, 15) is 4.79 Å². The molecule has 2 aromatic heterocycles. The van der Waals surface area contributed by atoms with Crippen LogP contribution in [0.3, 0.4) is 0 Å². The van der Waals surface area contributed by atoms with E-state index in [0.717, 1.165) is 4.88 Å². The Morgan fingerprint density at radius 3 is 3.12 bits per heavy atom. The summed E-state index contributed by atoms with van der Waals surface area (Å²) in [4.78, 5) is 16.7. The average Bonchev–Trinajstić information content (AvgIpc) is 2.95. The van der Waals surface area contributed by atoms with Gasteiger partial charge in [0.05, 0.1) is 6.54 Å². The lowest BCUT2D eigenvalue weighted by Gasteiger charge is -2.01. The monoisotopic (exact) mass is 251 g/mol. The van der Waals surface area contributed by atoms with Gasteiger partial charge in [-0.05, 0) is 18.4 Å². The Morgan fingerprint density at radius 2 is 2.47 bits per heavy atom. The minimum atomic E-state index is -0.00532. The molecule has 2 heterocycles. The third-order valence-corrected chi connectivity index (χ3v) is 3.05. The van der Waals surface area contributed by atoms with E-state index >= 15 is 0 Å². The van der Waals surface area contributed by atoms with E-state index in [0.29, 0.717) is 31.1 Å². The fourth-order valence-electron chi connectivity index (χ4n) is 1.35. The van der Waals surface area contributed by atoms with Crippen LogP contribution in [0.15, 0.2) is 22.0 Å². The van der Waals surface area contributed by atoms with E-state index in [2.05, 4.69) is 15.5 Å². The molecule has 0 spiro atoms. The second-order valence-electron chi connectivity index (χ2n) is 3.59. The molecule has 0 aliphatic carbocycles. The van der Waals surface area contributed by atoms with E-state index in [1.807, 2.05) is 17.5 Å². The molecule has 0 bridgehead atoms.